The monoisotopic (exact) mass is 393 g/mol. The van der Waals surface area contributed by atoms with Gasteiger partial charge in [-0.3, -0.25) is 4.79 Å². The van der Waals surface area contributed by atoms with Crippen molar-refractivity contribution in [2.75, 3.05) is 13.1 Å². The van der Waals surface area contributed by atoms with E-state index in [-0.39, 0.29) is 18.4 Å². The Kier molecular flexibility index (Phi) is 5.86. The molecule has 2 heterocycles. The van der Waals surface area contributed by atoms with E-state index < -0.39 is 11.7 Å². The SMILES string of the molecule is Cc1cc(OC2CCN(C(=O)Cc3ccc(C(F)(F)F)cc3)CC2)nc(C)n1. The summed E-state index contributed by atoms with van der Waals surface area (Å²) in [6.45, 7) is 4.78. The summed E-state index contributed by atoms with van der Waals surface area (Å²) in [7, 11) is 0. The summed E-state index contributed by atoms with van der Waals surface area (Å²) in [6, 6.07) is 6.52. The van der Waals surface area contributed by atoms with Crippen LogP contribution in [-0.4, -0.2) is 40.0 Å². The van der Waals surface area contributed by atoms with Crippen LogP contribution in [-0.2, 0) is 17.4 Å². The molecule has 1 aromatic heterocycles. The van der Waals surface area contributed by atoms with E-state index in [9.17, 15) is 18.0 Å². The van der Waals surface area contributed by atoms with Crippen LogP contribution in [0.15, 0.2) is 30.3 Å². The Hall–Kier alpha value is -2.64. The Morgan fingerprint density at radius 2 is 1.79 bits per heavy atom. The third-order valence-corrected chi connectivity index (χ3v) is 4.66. The number of likely N-dealkylation sites (tertiary alicyclic amines) is 1. The molecule has 1 aromatic carbocycles. The van der Waals surface area contributed by atoms with Gasteiger partial charge in [0.25, 0.3) is 0 Å². The molecule has 1 aliphatic rings. The van der Waals surface area contributed by atoms with E-state index >= 15 is 0 Å². The lowest BCUT2D eigenvalue weighted by molar-refractivity contribution is -0.137. The van der Waals surface area contributed by atoms with Gasteiger partial charge in [-0.05, 0) is 31.5 Å². The maximum atomic E-state index is 12.6. The molecule has 150 valence electrons. The second-order valence-corrected chi connectivity index (χ2v) is 6.96. The predicted molar refractivity (Wildman–Crippen MR) is 96.9 cm³/mol. The molecule has 1 aliphatic heterocycles. The maximum Gasteiger partial charge on any atom is 0.416 e. The molecule has 0 N–H and O–H groups in total. The molecule has 0 bridgehead atoms. The van der Waals surface area contributed by atoms with Crippen molar-refractivity contribution in [1.82, 2.24) is 14.9 Å². The van der Waals surface area contributed by atoms with Crippen molar-refractivity contribution in [2.45, 2.75) is 45.4 Å². The fourth-order valence-electron chi connectivity index (χ4n) is 3.24. The lowest BCUT2D eigenvalue weighted by atomic mass is 10.0. The van der Waals surface area contributed by atoms with E-state index in [1.54, 1.807) is 11.0 Å². The van der Waals surface area contributed by atoms with Gasteiger partial charge in [-0.1, -0.05) is 12.1 Å². The highest BCUT2D eigenvalue weighted by Crippen LogP contribution is 2.29. The molecule has 0 saturated carbocycles. The van der Waals surface area contributed by atoms with Crippen molar-refractivity contribution in [3.05, 3.63) is 53.0 Å². The zero-order chi connectivity index (χ0) is 20.3. The number of hydrogen-bond donors (Lipinski definition) is 0. The number of carbonyl (C=O) groups is 1. The number of carbonyl (C=O) groups excluding carboxylic acids is 1. The molecule has 1 amide bonds. The van der Waals surface area contributed by atoms with Crippen LogP contribution in [0.25, 0.3) is 0 Å². The molecule has 0 atom stereocenters. The van der Waals surface area contributed by atoms with Gasteiger partial charge in [0.05, 0.1) is 12.0 Å². The Bertz CT molecular complexity index is 809. The summed E-state index contributed by atoms with van der Waals surface area (Å²) in [5.74, 6) is 1.10. The van der Waals surface area contributed by atoms with Crippen LogP contribution in [0, 0.1) is 13.8 Å². The zero-order valence-electron chi connectivity index (χ0n) is 15.8. The summed E-state index contributed by atoms with van der Waals surface area (Å²) in [4.78, 5) is 22.7. The van der Waals surface area contributed by atoms with Gasteiger partial charge < -0.3 is 9.64 Å². The third kappa shape index (κ3) is 5.21. The molecule has 2 aromatic rings. The first kappa shape index (κ1) is 20.1. The van der Waals surface area contributed by atoms with Gasteiger partial charge in [-0.25, -0.2) is 4.98 Å². The van der Waals surface area contributed by atoms with Crippen molar-refractivity contribution in [2.24, 2.45) is 0 Å². The van der Waals surface area contributed by atoms with E-state index in [4.69, 9.17) is 4.74 Å². The predicted octanol–water partition coefficient (Wildman–Crippen LogP) is 3.72. The van der Waals surface area contributed by atoms with Crippen LogP contribution in [0.1, 0.15) is 35.5 Å². The average Bonchev–Trinajstić information content (AvgIpc) is 2.61. The topological polar surface area (TPSA) is 55.3 Å². The minimum Gasteiger partial charge on any atom is -0.474 e. The molecule has 0 aliphatic carbocycles. The van der Waals surface area contributed by atoms with Crippen LogP contribution >= 0.6 is 0 Å². The van der Waals surface area contributed by atoms with Gasteiger partial charge in [0.1, 0.15) is 11.9 Å². The standard InChI is InChI=1S/C20H22F3N3O2/c1-13-11-18(25-14(2)24-13)28-17-7-9-26(10-8-17)19(27)12-15-3-5-16(6-4-15)20(21,22)23/h3-6,11,17H,7-10,12H2,1-2H3. The summed E-state index contributed by atoms with van der Waals surface area (Å²) in [5.41, 5.74) is 0.701. The van der Waals surface area contributed by atoms with E-state index in [0.29, 0.717) is 43.2 Å². The van der Waals surface area contributed by atoms with Crippen LogP contribution in [0.5, 0.6) is 5.88 Å². The lowest BCUT2D eigenvalue weighted by Gasteiger charge is -2.32. The minimum atomic E-state index is -4.37. The number of halogens is 3. The van der Waals surface area contributed by atoms with E-state index in [1.807, 2.05) is 13.8 Å². The number of rotatable bonds is 4. The molecule has 0 radical (unpaired) electrons. The van der Waals surface area contributed by atoms with Gasteiger partial charge in [0, 0.05) is 37.7 Å². The molecule has 8 heteroatoms. The van der Waals surface area contributed by atoms with Crippen LogP contribution in [0.2, 0.25) is 0 Å². The number of ether oxygens (including phenoxy) is 1. The number of aryl methyl sites for hydroxylation is 2. The van der Waals surface area contributed by atoms with Crippen molar-refractivity contribution in [3.8, 4) is 5.88 Å². The molecular weight excluding hydrogens is 371 g/mol. The molecule has 0 spiro atoms. The highest BCUT2D eigenvalue weighted by atomic mass is 19.4. The first-order valence-electron chi connectivity index (χ1n) is 9.13. The molecular formula is C20H22F3N3O2. The molecule has 1 saturated heterocycles. The largest absolute Gasteiger partial charge is 0.474 e. The number of alkyl halides is 3. The Labute approximate surface area is 161 Å². The Balaban J connectivity index is 1.51. The van der Waals surface area contributed by atoms with Gasteiger partial charge >= 0.3 is 6.18 Å². The molecule has 3 rings (SSSR count). The van der Waals surface area contributed by atoms with Gasteiger partial charge in [-0.2, -0.15) is 18.2 Å². The second-order valence-electron chi connectivity index (χ2n) is 6.96. The van der Waals surface area contributed by atoms with E-state index in [0.717, 1.165) is 17.8 Å². The molecule has 28 heavy (non-hydrogen) atoms. The third-order valence-electron chi connectivity index (χ3n) is 4.66. The normalized spacial score (nSPS) is 15.5. The van der Waals surface area contributed by atoms with Crippen LogP contribution in [0.3, 0.4) is 0 Å². The quantitative estimate of drug-likeness (QED) is 0.794. The number of amides is 1. The van der Waals surface area contributed by atoms with E-state index in [1.165, 1.54) is 12.1 Å². The first-order valence-corrected chi connectivity index (χ1v) is 9.13. The van der Waals surface area contributed by atoms with Crippen molar-refractivity contribution < 1.29 is 22.7 Å². The highest BCUT2D eigenvalue weighted by Gasteiger charge is 2.30. The molecule has 1 fully saturated rings. The maximum absolute atomic E-state index is 12.6. The van der Waals surface area contributed by atoms with Gasteiger partial charge in [0.15, 0.2) is 0 Å². The van der Waals surface area contributed by atoms with Gasteiger partial charge in [-0.15, -0.1) is 0 Å². The minimum absolute atomic E-state index is 0.0242. The summed E-state index contributed by atoms with van der Waals surface area (Å²) in [5, 5.41) is 0. The first-order chi connectivity index (χ1) is 13.2. The Morgan fingerprint density at radius 3 is 2.36 bits per heavy atom. The highest BCUT2D eigenvalue weighted by molar-refractivity contribution is 5.78. The number of nitrogens with zero attached hydrogens (tertiary/aromatic N) is 3. The Morgan fingerprint density at radius 1 is 1.14 bits per heavy atom. The number of benzene rings is 1. The number of hydrogen-bond acceptors (Lipinski definition) is 4. The summed E-state index contributed by atoms with van der Waals surface area (Å²) >= 11 is 0. The fraction of sp³-hybridized carbons (Fsp3) is 0.450. The van der Waals surface area contributed by atoms with Crippen LogP contribution < -0.4 is 4.74 Å². The lowest BCUT2D eigenvalue weighted by Crippen LogP contribution is -2.42. The second kappa shape index (κ2) is 8.16. The molecule has 5 nitrogen and oxygen atoms in total. The average molecular weight is 393 g/mol. The van der Waals surface area contributed by atoms with Gasteiger partial charge in [0.2, 0.25) is 11.8 Å². The van der Waals surface area contributed by atoms with Crippen LogP contribution in [0.4, 0.5) is 13.2 Å². The van der Waals surface area contributed by atoms with Crippen molar-refractivity contribution in [3.63, 3.8) is 0 Å². The van der Waals surface area contributed by atoms with E-state index in [2.05, 4.69) is 9.97 Å². The fourth-order valence-corrected chi connectivity index (χ4v) is 3.24. The summed E-state index contributed by atoms with van der Waals surface area (Å²) in [6.07, 6.45) is -2.94. The molecule has 0 unspecified atom stereocenters. The zero-order valence-corrected chi connectivity index (χ0v) is 15.8. The summed E-state index contributed by atoms with van der Waals surface area (Å²) < 4.78 is 43.8. The van der Waals surface area contributed by atoms with Crippen molar-refractivity contribution >= 4 is 5.91 Å². The van der Waals surface area contributed by atoms with Crippen molar-refractivity contribution in [1.29, 1.82) is 0 Å². The number of aromatic nitrogens is 2. The smallest absolute Gasteiger partial charge is 0.416 e. The number of piperidine rings is 1.